The molecule has 0 radical (unpaired) electrons. The molecule has 152 valence electrons. The molecule has 30 heavy (non-hydrogen) atoms. The van der Waals surface area contributed by atoms with Crippen molar-refractivity contribution in [1.82, 2.24) is 9.55 Å². The fourth-order valence-electron chi connectivity index (χ4n) is 3.33. The maximum absolute atomic E-state index is 13.2. The van der Waals surface area contributed by atoms with Gasteiger partial charge in [0.15, 0.2) is 0 Å². The van der Waals surface area contributed by atoms with Crippen LogP contribution >= 0.6 is 22.9 Å². The van der Waals surface area contributed by atoms with Gasteiger partial charge >= 0.3 is 0 Å². The van der Waals surface area contributed by atoms with Gasteiger partial charge in [-0.3, -0.25) is 14.2 Å². The number of anilines is 1. The summed E-state index contributed by atoms with van der Waals surface area (Å²) in [4.78, 5) is 32.3. The van der Waals surface area contributed by atoms with Gasteiger partial charge in [0.1, 0.15) is 16.7 Å². The monoisotopic (exact) mass is 437 g/mol. The number of benzene rings is 2. The second-order valence-corrected chi connectivity index (χ2v) is 8.60. The van der Waals surface area contributed by atoms with Crippen LogP contribution in [-0.4, -0.2) is 15.5 Å². The number of halogens is 1. The Labute approximate surface area is 183 Å². The number of carbonyl (C=O) groups excluding carboxylic acids is 1. The summed E-state index contributed by atoms with van der Waals surface area (Å²) < 4.78 is 1.44. The Morgan fingerprint density at radius 2 is 1.87 bits per heavy atom. The number of aryl methyl sites for hydroxylation is 2. The van der Waals surface area contributed by atoms with Crippen LogP contribution in [0, 0.1) is 13.8 Å². The van der Waals surface area contributed by atoms with Crippen LogP contribution in [0.25, 0.3) is 20.7 Å². The van der Waals surface area contributed by atoms with Crippen molar-refractivity contribution in [2.24, 2.45) is 0 Å². The van der Waals surface area contributed by atoms with Crippen LogP contribution in [0.15, 0.2) is 59.4 Å². The Morgan fingerprint density at radius 1 is 1.13 bits per heavy atom. The molecule has 2 aromatic carbocycles. The molecule has 7 heteroatoms. The van der Waals surface area contributed by atoms with Crippen LogP contribution in [0.3, 0.4) is 0 Å². The van der Waals surface area contributed by atoms with Crippen LogP contribution in [0.1, 0.15) is 24.4 Å². The Bertz CT molecular complexity index is 1310. The van der Waals surface area contributed by atoms with Crippen LogP contribution < -0.4 is 10.9 Å². The van der Waals surface area contributed by atoms with Gasteiger partial charge in [-0.1, -0.05) is 48.0 Å². The number of carbonyl (C=O) groups is 1. The minimum absolute atomic E-state index is 0.222. The highest BCUT2D eigenvalue weighted by molar-refractivity contribution is 7.21. The summed E-state index contributed by atoms with van der Waals surface area (Å²) in [5.74, 6) is 0.193. The van der Waals surface area contributed by atoms with Gasteiger partial charge in [-0.25, -0.2) is 4.98 Å². The fraction of sp³-hybridized carbons (Fsp3) is 0.174. The zero-order chi connectivity index (χ0) is 21.4. The number of nitrogens with zero attached hydrogens (tertiary/aromatic N) is 2. The standard InChI is InChI=1S/C23H20ClN3O2S/c1-13-9-10-17(11-19(13)24)26-21(28)14(2)27-15(3)25-22-18(23(27)29)12-20(30-22)16-7-5-4-6-8-16/h4-12,14H,1-3H3,(H,26,28). The van der Waals surface area contributed by atoms with Crippen molar-refractivity contribution in [3.05, 3.63) is 81.4 Å². The number of amides is 1. The summed E-state index contributed by atoms with van der Waals surface area (Å²) in [6.45, 7) is 5.33. The third-order valence-electron chi connectivity index (χ3n) is 5.04. The van der Waals surface area contributed by atoms with Gasteiger partial charge in [-0.05, 0) is 50.1 Å². The molecule has 1 amide bonds. The maximum Gasteiger partial charge on any atom is 0.263 e. The van der Waals surface area contributed by atoms with Crippen molar-refractivity contribution in [1.29, 1.82) is 0 Å². The Hall–Kier alpha value is -2.96. The van der Waals surface area contributed by atoms with Crippen molar-refractivity contribution >= 4 is 44.7 Å². The first-order valence-corrected chi connectivity index (χ1v) is 10.7. The molecule has 0 saturated carbocycles. The molecule has 0 aliphatic carbocycles. The molecule has 0 aliphatic heterocycles. The van der Waals surface area contributed by atoms with Crippen molar-refractivity contribution < 1.29 is 4.79 Å². The molecular weight excluding hydrogens is 418 g/mol. The van der Waals surface area contributed by atoms with Gasteiger partial charge in [-0.2, -0.15) is 0 Å². The van der Waals surface area contributed by atoms with Gasteiger partial charge in [-0.15, -0.1) is 11.3 Å². The molecule has 0 aliphatic rings. The lowest BCUT2D eigenvalue weighted by Crippen LogP contribution is -2.33. The first-order valence-electron chi connectivity index (χ1n) is 9.50. The van der Waals surface area contributed by atoms with Crippen LogP contribution in [0.5, 0.6) is 0 Å². The SMILES string of the molecule is Cc1ccc(NC(=O)C(C)n2c(C)nc3sc(-c4ccccc4)cc3c2=O)cc1Cl. The van der Waals surface area contributed by atoms with E-state index in [0.29, 0.717) is 26.8 Å². The van der Waals surface area contributed by atoms with E-state index < -0.39 is 6.04 Å². The van der Waals surface area contributed by atoms with Crippen molar-refractivity contribution in [2.75, 3.05) is 5.32 Å². The molecule has 0 fully saturated rings. The highest BCUT2D eigenvalue weighted by Crippen LogP contribution is 2.31. The fourth-order valence-corrected chi connectivity index (χ4v) is 4.58. The lowest BCUT2D eigenvalue weighted by molar-refractivity contribution is -0.118. The van der Waals surface area contributed by atoms with Gasteiger partial charge in [0.2, 0.25) is 5.91 Å². The second-order valence-electron chi connectivity index (χ2n) is 7.16. The number of thiophene rings is 1. The lowest BCUT2D eigenvalue weighted by atomic mass is 10.2. The van der Waals surface area contributed by atoms with E-state index in [1.54, 1.807) is 26.0 Å². The lowest BCUT2D eigenvalue weighted by Gasteiger charge is -2.17. The van der Waals surface area contributed by atoms with E-state index in [2.05, 4.69) is 10.3 Å². The highest BCUT2D eigenvalue weighted by atomic mass is 35.5. The Balaban J connectivity index is 1.69. The zero-order valence-electron chi connectivity index (χ0n) is 16.8. The van der Waals surface area contributed by atoms with Gasteiger partial charge < -0.3 is 5.32 Å². The van der Waals surface area contributed by atoms with Crippen LogP contribution in [-0.2, 0) is 4.79 Å². The molecule has 5 nitrogen and oxygen atoms in total. The van der Waals surface area contributed by atoms with E-state index in [0.717, 1.165) is 16.0 Å². The summed E-state index contributed by atoms with van der Waals surface area (Å²) in [7, 11) is 0. The summed E-state index contributed by atoms with van der Waals surface area (Å²) in [6, 6.07) is 16.3. The number of rotatable bonds is 4. The number of fused-ring (bicyclic) bond motifs is 1. The van der Waals surface area contributed by atoms with Gasteiger partial charge in [0, 0.05) is 15.6 Å². The Kier molecular flexibility index (Phi) is 5.45. The normalized spacial score (nSPS) is 12.1. The summed E-state index contributed by atoms with van der Waals surface area (Å²) in [6.07, 6.45) is 0. The molecule has 1 atom stereocenters. The Morgan fingerprint density at radius 3 is 2.57 bits per heavy atom. The molecule has 0 spiro atoms. The van der Waals surface area contributed by atoms with E-state index in [-0.39, 0.29) is 11.5 Å². The molecule has 0 bridgehead atoms. The van der Waals surface area contributed by atoms with Crippen molar-refractivity contribution in [2.45, 2.75) is 26.8 Å². The van der Waals surface area contributed by atoms with Crippen molar-refractivity contribution in [3.8, 4) is 10.4 Å². The molecule has 2 heterocycles. The molecular formula is C23H20ClN3O2S. The first kappa shape index (κ1) is 20.3. The molecule has 4 rings (SSSR count). The summed E-state index contributed by atoms with van der Waals surface area (Å²) in [5.41, 5.74) is 2.33. The summed E-state index contributed by atoms with van der Waals surface area (Å²) >= 11 is 7.62. The quantitative estimate of drug-likeness (QED) is 0.452. The van der Waals surface area contributed by atoms with E-state index in [1.807, 2.05) is 49.4 Å². The van der Waals surface area contributed by atoms with E-state index >= 15 is 0 Å². The largest absolute Gasteiger partial charge is 0.324 e. The molecule has 1 unspecified atom stereocenters. The third kappa shape index (κ3) is 3.76. The number of hydrogen-bond donors (Lipinski definition) is 1. The maximum atomic E-state index is 13.2. The minimum atomic E-state index is -0.727. The van der Waals surface area contributed by atoms with E-state index in [9.17, 15) is 9.59 Å². The van der Waals surface area contributed by atoms with Crippen LogP contribution in [0.2, 0.25) is 5.02 Å². The predicted molar refractivity (Wildman–Crippen MR) is 124 cm³/mol. The van der Waals surface area contributed by atoms with E-state index in [1.165, 1.54) is 15.9 Å². The number of aromatic nitrogens is 2. The predicted octanol–water partition coefficient (Wildman–Crippen LogP) is 5.59. The molecule has 2 aromatic heterocycles. The molecule has 1 N–H and O–H groups in total. The van der Waals surface area contributed by atoms with Gasteiger partial charge in [0.25, 0.3) is 5.56 Å². The highest BCUT2D eigenvalue weighted by Gasteiger charge is 2.21. The average molecular weight is 438 g/mol. The van der Waals surface area contributed by atoms with Crippen LogP contribution in [0.4, 0.5) is 5.69 Å². The zero-order valence-corrected chi connectivity index (χ0v) is 18.3. The first-order chi connectivity index (χ1) is 14.3. The van der Waals surface area contributed by atoms with Gasteiger partial charge in [0.05, 0.1) is 5.39 Å². The average Bonchev–Trinajstić information content (AvgIpc) is 3.15. The number of nitrogens with one attached hydrogen (secondary N) is 1. The smallest absolute Gasteiger partial charge is 0.263 e. The third-order valence-corrected chi connectivity index (χ3v) is 6.52. The molecule has 4 aromatic rings. The van der Waals surface area contributed by atoms with Crippen molar-refractivity contribution in [3.63, 3.8) is 0 Å². The molecule has 0 saturated heterocycles. The summed E-state index contributed by atoms with van der Waals surface area (Å²) in [5, 5.41) is 3.92. The van der Waals surface area contributed by atoms with E-state index in [4.69, 9.17) is 11.6 Å². The topological polar surface area (TPSA) is 64.0 Å². The second kappa shape index (κ2) is 8.05. The minimum Gasteiger partial charge on any atom is -0.324 e. The number of hydrogen-bond acceptors (Lipinski definition) is 4.